The zero-order valence-electron chi connectivity index (χ0n) is 12.8. The van der Waals surface area contributed by atoms with E-state index >= 15 is 0 Å². The third-order valence-corrected chi connectivity index (χ3v) is 4.43. The van der Waals surface area contributed by atoms with Gasteiger partial charge >= 0.3 is 5.97 Å². The van der Waals surface area contributed by atoms with Gasteiger partial charge in [0.25, 0.3) is 0 Å². The monoisotopic (exact) mass is 316 g/mol. The minimum atomic E-state index is -0.169. The van der Waals surface area contributed by atoms with Crippen molar-refractivity contribution in [2.24, 2.45) is 0 Å². The topological polar surface area (TPSA) is 35.5 Å². The zero-order chi connectivity index (χ0) is 15.8. The van der Waals surface area contributed by atoms with Crippen LogP contribution in [0.25, 0.3) is 0 Å². The number of ether oxygens (including phenoxy) is 2. The van der Waals surface area contributed by atoms with Crippen molar-refractivity contribution in [2.45, 2.75) is 23.5 Å². The van der Waals surface area contributed by atoms with Crippen molar-refractivity contribution in [3.63, 3.8) is 0 Å². The summed E-state index contributed by atoms with van der Waals surface area (Å²) in [6.07, 6.45) is 0.356. The van der Waals surface area contributed by atoms with Gasteiger partial charge in [0, 0.05) is 10.1 Å². The maximum absolute atomic E-state index is 11.9. The Labute approximate surface area is 135 Å². The third-order valence-electron chi connectivity index (χ3n) is 3.17. The number of carbonyl (C=O) groups is 1. The van der Waals surface area contributed by atoms with Crippen molar-refractivity contribution < 1.29 is 14.3 Å². The Kier molecular flexibility index (Phi) is 6.34. The number of methoxy groups -OCH3 is 1. The maximum Gasteiger partial charge on any atom is 0.307 e. The third kappa shape index (κ3) is 4.81. The summed E-state index contributed by atoms with van der Waals surface area (Å²) in [6.45, 7) is 2.24. The SMILES string of the molecule is CCOC(=O)CC(Sc1ccc(OC)cc1)c1ccccc1. The summed E-state index contributed by atoms with van der Waals surface area (Å²) in [4.78, 5) is 13.0. The molecule has 3 nitrogen and oxygen atoms in total. The molecule has 2 aromatic rings. The lowest BCUT2D eigenvalue weighted by Crippen LogP contribution is -2.08. The molecule has 1 atom stereocenters. The molecule has 0 spiro atoms. The Balaban J connectivity index is 2.14. The fourth-order valence-electron chi connectivity index (χ4n) is 2.09. The molecule has 2 aromatic carbocycles. The molecule has 0 amide bonds. The van der Waals surface area contributed by atoms with E-state index < -0.39 is 0 Å². The zero-order valence-corrected chi connectivity index (χ0v) is 13.6. The Bertz CT molecular complexity index is 581. The summed E-state index contributed by atoms with van der Waals surface area (Å²) in [7, 11) is 1.65. The summed E-state index contributed by atoms with van der Waals surface area (Å²) in [6, 6.07) is 17.9. The lowest BCUT2D eigenvalue weighted by atomic mass is 10.1. The van der Waals surface area contributed by atoms with Crippen molar-refractivity contribution in [1.29, 1.82) is 0 Å². The molecule has 0 saturated heterocycles. The van der Waals surface area contributed by atoms with E-state index in [1.807, 2.05) is 61.5 Å². The molecule has 0 fully saturated rings. The van der Waals surface area contributed by atoms with Crippen molar-refractivity contribution in [1.82, 2.24) is 0 Å². The lowest BCUT2D eigenvalue weighted by Gasteiger charge is -2.16. The number of rotatable bonds is 7. The maximum atomic E-state index is 11.9. The summed E-state index contributed by atoms with van der Waals surface area (Å²) >= 11 is 1.66. The minimum Gasteiger partial charge on any atom is -0.497 e. The van der Waals surface area contributed by atoms with Crippen LogP contribution in [0.2, 0.25) is 0 Å². The first-order chi connectivity index (χ1) is 10.7. The predicted molar refractivity (Wildman–Crippen MR) is 89.3 cm³/mol. The number of thioether (sulfide) groups is 1. The Morgan fingerprint density at radius 3 is 2.36 bits per heavy atom. The average Bonchev–Trinajstić information content (AvgIpc) is 2.56. The molecule has 2 rings (SSSR count). The lowest BCUT2D eigenvalue weighted by molar-refractivity contribution is -0.143. The molecule has 4 heteroatoms. The van der Waals surface area contributed by atoms with E-state index in [1.54, 1.807) is 18.9 Å². The molecule has 0 aliphatic heterocycles. The first kappa shape index (κ1) is 16.4. The summed E-state index contributed by atoms with van der Waals surface area (Å²) in [5.41, 5.74) is 1.12. The van der Waals surface area contributed by atoms with E-state index in [1.165, 1.54) is 0 Å². The van der Waals surface area contributed by atoms with Gasteiger partial charge in [0.2, 0.25) is 0 Å². The second kappa shape index (κ2) is 8.49. The fraction of sp³-hybridized carbons (Fsp3) is 0.278. The van der Waals surface area contributed by atoms with Crippen molar-refractivity contribution in [3.8, 4) is 5.75 Å². The van der Waals surface area contributed by atoms with Crippen LogP contribution in [-0.2, 0) is 9.53 Å². The number of carbonyl (C=O) groups excluding carboxylic acids is 1. The van der Waals surface area contributed by atoms with Crippen LogP contribution in [0.3, 0.4) is 0 Å². The summed E-state index contributed by atoms with van der Waals surface area (Å²) in [5, 5.41) is 0.0358. The van der Waals surface area contributed by atoms with Crippen LogP contribution in [0, 0.1) is 0 Å². The molecule has 0 saturated carbocycles. The molecule has 0 bridgehead atoms. The van der Waals surface area contributed by atoms with Crippen LogP contribution in [0.5, 0.6) is 5.75 Å². The molecule has 116 valence electrons. The van der Waals surface area contributed by atoms with Crippen LogP contribution in [0.1, 0.15) is 24.2 Å². The second-order valence-electron chi connectivity index (χ2n) is 4.70. The van der Waals surface area contributed by atoms with Gasteiger partial charge in [0.05, 0.1) is 20.1 Å². The number of benzene rings is 2. The molecule has 0 heterocycles. The van der Waals surface area contributed by atoms with Crippen LogP contribution in [0.4, 0.5) is 0 Å². The predicted octanol–water partition coefficient (Wildman–Crippen LogP) is 4.48. The number of hydrogen-bond donors (Lipinski definition) is 0. The molecule has 22 heavy (non-hydrogen) atoms. The van der Waals surface area contributed by atoms with Crippen LogP contribution in [0.15, 0.2) is 59.5 Å². The van der Waals surface area contributed by atoms with Crippen molar-refractivity contribution in [2.75, 3.05) is 13.7 Å². The normalized spacial score (nSPS) is 11.7. The largest absolute Gasteiger partial charge is 0.497 e. The van der Waals surface area contributed by atoms with E-state index in [2.05, 4.69) is 0 Å². The molecule has 0 aromatic heterocycles. The van der Waals surface area contributed by atoms with E-state index in [-0.39, 0.29) is 11.2 Å². The van der Waals surface area contributed by atoms with E-state index in [0.29, 0.717) is 13.0 Å². The molecule has 1 unspecified atom stereocenters. The highest BCUT2D eigenvalue weighted by atomic mass is 32.2. The molecule has 0 aliphatic carbocycles. The van der Waals surface area contributed by atoms with Crippen LogP contribution < -0.4 is 4.74 Å². The molecular formula is C18H20O3S. The van der Waals surface area contributed by atoms with E-state index in [0.717, 1.165) is 16.2 Å². The van der Waals surface area contributed by atoms with Crippen LogP contribution >= 0.6 is 11.8 Å². The van der Waals surface area contributed by atoms with Gasteiger partial charge in [-0.25, -0.2) is 0 Å². The van der Waals surface area contributed by atoms with Gasteiger partial charge in [-0.15, -0.1) is 11.8 Å². The van der Waals surface area contributed by atoms with Gasteiger partial charge in [0.15, 0.2) is 0 Å². The van der Waals surface area contributed by atoms with Crippen molar-refractivity contribution >= 4 is 17.7 Å². The van der Waals surface area contributed by atoms with Crippen molar-refractivity contribution in [3.05, 3.63) is 60.2 Å². The van der Waals surface area contributed by atoms with Gasteiger partial charge < -0.3 is 9.47 Å². The molecule has 0 N–H and O–H groups in total. The van der Waals surface area contributed by atoms with Gasteiger partial charge in [-0.2, -0.15) is 0 Å². The summed E-state index contributed by atoms with van der Waals surface area (Å²) < 4.78 is 10.3. The van der Waals surface area contributed by atoms with Gasteiger partial charge in [0.1, 0.15) is 5.75 Å². The highest BCUT2D eigenvalue weighted by Gasteiger charge is 2.18. The summed E-state index contributed by atoms with van der Waals surface area (Å²) in [5.74, 6) is 0.656. The first-order valence-corrected chi connectivity index (χ1v) is 8.12. The smallest absolute Gasteiger partial charge is 0.307 e. The van der Waals surface area contributed by atoms with E-state index in [4.69, 9.17) is 9.47 Å². The second-order valence-corrected chi connectivity index (χ2v) is 5.98. The standard InChI is InChI=1S/C18H20O3S/c1-3-21-18(19)13-17(14-7-5-4-6-8-14)22-16-11-9-15(20-2)10-12-16/h4-12,17H,3,13H2,1-2H3. The Hall–Kier alpha value is -1.94. The van der Waals surface area contributed by atoms with E-state index in [9.17, 15) is 4.79 Å². The molecule has 0 radical (unpaired) electrons. The minimum absolute atomic E-state index is 0.0358. The number of esters is 1. The first-order valence-electron chi connectivity index (χ1n) is 7.24. The average molecular weight is 316 g/mol. The van der Waals surface area contributed by atoms with Gasteiger partial charge in [-0.05, 0) is 36.8 Å². The Morgan fingerprint density at radius 2 is 1.77 bits per heavy atom. The highest BCUT2D eigenvalue weighted by molar-refractivity contribution is 7.99. The molecule has 0 aliphatic rings. The highest BCUT2D eigenvalue weighted by Crippen LogP contribution is 2.38. The molecular weight excluding hydrogens is 296 g/mol. The Morgan fingerprint density at radius 1 is 1.09 bits per heavy atom. The quantitative estimate of drug-likeness (QED) is 0.557. The van der Waals surface area contributed by atoms with Gasteiger partial charge in [-0.3, -0.25) is 4.79 Å². The van der Waals surface area contributed by atoms with Gasteiger partial charge in [-0.1, -0.05) is 30.3 Å². The number of hydrogen-bond acceptors (Lipinski definition) is 4. The fourth-order valence-corrected chi connectivity index (χ4v) is 3.22. The van der Waals surface area contributed by atoms with Crippen LogP contribution in [-0.4, -0.2) is 19.7 Å².